The van der Waals surface area contributed by atoms with Gasteiger partial charge in [-0.1, -0.05) is 91.7 Å². The molecular weight excluding hydrogens is 390 g/mol. The second-order valence-electron chi connectivity index (χ2n) is 9.51. The van der Waals surface area contributed by atoms with Gasteiger partial charge < -0.3 is 9.59 Å². The van der Waals surface area contributed by atoms with Crippen molar-refractivity contribution in [2.24, 2.45) is 0 Å². The highest BCUT2D eigenvalue weighted by Gasteiger charge is 2.41. The molecule has 3 aromatic rings. The maximum atomic E-state index is 11.7. The van der Waals surface area contributed by atoms with Crippen molar-refractivity contribution >= 4 is 0 Å². The lowest BCUT2D eigenvalue weighted by Crippen LogP contribution is -2.46. The highest BCUT2D eigenvalue weighted by molar-refractivity contribution is 5.80. The van der Waals surface area contributed by atoms with Gasteiger partial charge in [0.15, 0.2) is 0 Å². The van der Waals surface area contributed by atoms with Crippen LogP contribution in [0.3, 0.4) is 0 Å². The van der Waals surface area contributed by atoms with Crippen LogP contribution in [0.25, 0.3) is 11.1 Å². The molecule has 0 radical (unpaired) electrons. The van der Waals surface area contributed by atoms with E-state index in [1.165, 1.54) is 38.0 Å². The van der Waals surface area contributed by atoms with Crippen molar-refractivity contribution in [1.29, 1.82) is 0 Å². The van der Waals surface area contributed by atoms with E-state index in [4.69, 9.17) is 0 Å². The molecule has 1 heterocycles. The molecule has 1 N–H and O–H groups in total. The SMILES string of the molecule is CCC[N@@+]1(CC#CCC2(O)c3ccccc3-c3ccccc32)CC[C@@H](c2ccccc2)C1. The molecular formula is C30H32NO+. The molecule has 2 heteroatoms. The molecule has 0 amide bonds. The van der Waals surface area contributed by atoms with Crippen LogP contribution >= 0.6 is 0 Å². The molecule has 1 saturated heterocycles. The monoisotopic (exact) mass is 422 g/mol. The smallest absolute Gasteiger partial charge is 0.140 e. The molecule has 1 aliphatic carbocycles. The summed E-state index contributed by atoms with van der Waals surface area (Å²) in [6.07, 6.45) is 2.85. The van der Waals surface area contributed by atoms with Crippen LogP contribution in [-0.2, 0) is 5.60 Å². The van der Waals surface area contributed by atoms with Crippen LogP contribution in [0, 0.1) is 11.8 Å². The second kappa shape index (κ2) is 8.58. The van der Waals surface area contributed by atoms with E-state index in [0.29, 0.717) is 12.3 Å². The van der Waals surface area contributed by atoms with Crippen molar-refractivity contribution in [1.82, 2.24) is 0 Å². The predicted octanol–water partition coefficient (Wildman–Crippen LogP) is 5.71. The molecule has 5 rings (SSSR count). The van der Waals surface area contributed by atoms with Crippen LogP contribution in [0.5, 0.6) is 0 Å². The zero-order valence-electron chi connectivity index (χ0n) is 18.9. The molecule has 32 heavy (non-hydrogen) atoms. The fourth-order valence-corrected chi connectivity index (χ4v) is 5.88. The third-order valence-corrected chi connectivity index (χ3v) is 7.45. The van der Waals surface area contributed by atoms with Crippen LogP contribution in [-0.4, -0.2) is 35.8 Å². The van der Waals surface area contributed by atoms with Crippen LogP contribution in [0.1, 0.15) is 48.8 Å². The van der Waals surface area contributed by atoms with Gasteiger partial charge in [-0.3, -0.25) is 0 Å². The molecule has 2 aliphatic rings. The minimum Gasteiger partial charge on any atom is -0.379 e. The molecule has 0 aromatic heterocycles. The van der Waals surface area contributed by atoms with E-state index in [-0.39, 0.29) is 0 Å². The second-order valence-corrected chi connectivity index (χ2v) is 9.51. The summed E-state index contributed by atoms with van der Waals surface area (Å²) in [7, 11) is 0. The Kier molecular flexibility index (Phi) is 5.64. The maximum Gasteiger partial charge on any atom is 0.140 e. The third kappa shape index (κ3) is 3.66. The van der Waals surface area contributed by atoms with Gasteiger partial charge in [-0.15, -0.1) is 0 Å². The number of hydrogen-bond acceptors (Lipinski definition) is 1. The quantitative estimate of drug-likeness (QED) is 0.412. The Morgan fingerprint density at radius 2 is 1.50 bits per heavy atom. The Hall–Kier alpha value is -2.86. The summed E-state index contributed by atoms with van der Waals surface area (Å²) in [6, 6.07) is 27.4. The fourth-order valence-electron chi connectivity index (χ4n) is 5.88. The number of fused-ring (bicyclic) bond motifs is 3. The first kappa shape index (κ1) is 21.0. The Morgan fingerprint density at radius 1 is 0.875 bits per heavy atom. The average Bonchev–Trinajstić information content (AvgIpc) is 3.37. The zero-order valence-corrected chi connectivity index (χ0v) is 18.9. The molecule has 0 saturated carbocycles. The summed E-state index contributed by atoms with van der Waals surface area (Å²) in [5, 5.41) is 11.7. The number of rotatable bonds is 5. The van der Waals surface area contributed by atoms with Crippen molar-refractivity contribution in [3.05, 3.63) is 95.6 Å². The topological polar surface area (TPSA) is 20.2 Å². The molecule has 162 valence electrons. The molecule has 2 nitrogen and oxygen atoms in total. The van der Waals surface area contributed by atoms with Crippen molar-refractivity contribution < 1.29 is 9.59 Å². The van der Waals surface area contributed by atoms with E-state index in [0.717, 1.165) is 33.3 Å². The molecule has 3 aromatic carbocycles. The summed E-state index contributed by atoms with van der Waals surface area (Å²) >= 11 is 0. The average molecular weight is 423 g/mol. The van der Waals surface area contributed by atoms with Gasteiger partial charge in [0.2, 0.25) is 0 Å². The summed E-state index contributed by atoms with van der Waals surface area (Å²) in [5.74, 6) is 7.53. The number of benzene rings is 3. The van der Waals surface area contributed by atoms with Crippen LogP contribution < -0.4 is 0 Å². The third-order valence-electron chi connectivity index (χ3n) is 7.45. The van der Waals surface area contributed by atoms with Gasteiger partial charge in [0.05, 0.1) is 19.6 Å². The van der Waals surface area contributed by atoms with Gasteiger partial charge >= 0.3 is 0 Å². The normalized spacial score (nSPS) is 22.6. The number of aliphatic hydroxyl groups is 1. The lowest BCUT2D eigenvalue weighted by Gasteiger charge is -2.32. The molecule has 0 spiro atoms. The fraction of sp³-hybridized carbons (Fsp3) is 0.333. The van der Waals surface area contributed by atoms with Crippen LogP contribution in [0.2, 0.25) is 0 Å². The number of likely N-dealkylation sites (tertiary alicyclic amines) is 1. The Bertz CT molecular complexity index is 1110. The summed E-state index contributed by atoms with van der Waals surface area (Å²) in [6.45, 7) is 6.68. The first-order chi connectivity index (χ1) is 15.7. The first-order valence-corrected chi connectivity index (χ1v) is 11.9. The Labute approximate surface area is 192 Å². The van der Waals surface area contributed by atoms with Crippen LogP contribution in [0.15, 0.2) is 78.9 Å². The number of quaternary nitrogens is 1. The largest absolute Gasteiger partial charge is 0.379 e. The summed E-state index contributed by atoms with van der Waals surface area (Å²) < 4.78 is 1.08. The van der Waals surface area contributed by atoms with Crippen molar-refractivity contribution in [3.8, 4) is 23.0 Å². The molecule has 0 unspecified atom stereocenters. The van der Waals surface area contributed by atoms with E-state index in [9.17, 15) is 5.11 Å². The van der Waals surface area contributed by atoms with E-state index in [1.54, 1.807) is 0 Å². The first-order valence-electron chi connectivity index (χ1n) is 11.9. The standard InChI is InChI=1S/C30H32NO/c1-2-20-31(22-18-25(23-31)24-12-4-3-5-13-24)21-11-10-19-30(32)28-16-8-6-14-26(28)27-15-7-9-17-29(27)30/h3-9,12-17,25,32H,2,18-23H2,1H3/q+1/t25-,31-/m1/s1. The van der Waals surface area contributed by atoms with E-state index < -0.39 is 5.60 Å². The Morgan fingerprint density at radius 3 is 2.16 bits per heavy atom. The minimum absolute atomic E-state index is 0.440. The number of nitrogens with zero attached hydrogens (tertiary/aromatic N) is 1. The molecule has 2 atom stereocenters. The minimum atomic E-state index is -1.02. The van der Waals surface area contributed by atoms with Crippen molar-refractivity contribution in [2.75, 3.05) is 26.2 Å². The molecule has 0 bridgehead atoms. The lowest BCUT2D eigenvalue weighted by atomic mass is 9.88. The molecule has 1 aliphatic heterocycles. The maximum absolute atomic E-state index is 11.7. The van der Waals surface area contributed by atoms with Gasteiger partial charge in [0, 0.05) is 18.8 Å². The highest BCUT2D eigenvalue weighted by Crippen LogP contribution is 2.48. The van der Waals surface area contributed by atoms with E-state index in [1.807, 2.05) is 36.4 Å². The van der Waals surface area contributed by atoms with E-state index in [2.05, 4.69) is 61.2 Å². The van der Waals surface area contributed by atoms with Gasteiger partial charge in [0.1, 0.15) is 12.1 Å². The summed E-state index contributed by atoms with van der Waals surface area (Å²) in [5.41, 5.74) is 4.67. The van der Waals surface area contributed by atoms with Crippen LogP contribution in [0.4, 0.5) is 0 Å². The highest BCUT2D eigenvalue weighted by atomic mass is 16.3. The lowest BCUT2D eigenvalue weighted by molar-refractivity contribution is -0.910. The van der Waals surface area contributed by atoms with Gasteiger partial charge in [-0.05, 0) is 40.2 Å². The Balaban J connectivity index is 1.35. The van der Waals surface area contributed by atoms with Gasteiger partial charge in [-0.2, -0.15) is 0 Å². The molecule has 1 fully saturated rings. The van der Waals surface area contributed by atoms with E-state index >= 15 is 0 Å². The van der Waals surface area contributed by atoms with Gasteiger partial charge in [0.25, 0.3) is 0 Å². The van der Waals surface area contributed by atoms with Crippen molar-refractivity contribution in [3.63, 3.8) is 0 Å². The zero-order chi connectivity index (χ0) is 22.0. The summed E-state index contributed by atoms with van der Waals surface area (Å²) in [4.78, 5) is 0. The van der Waals surface area contributed by atoms with Gasteiger partial charge in [-0.25, -0.2) is 0 Å². The predicted molar refractivity (Wildman–Crippen MR) is 131 cm³/mol. The number of hydrogen-bond donors (Lipinski definition) is 1. The van der Waals surface area contributed by atoms with Crippen molar-refractivity contribution in [2.45, 2.75) is 37.7 Å².